The van der Waals surface area contributed by atoms with E-state index in [1.54, 1.807) is 0 Å². The summed E-state index contributed by atoms with van der Waals surface area (Å²) in [6.45, 7) is 0.860. The molecule has 1 aromatic carbocycles. The number of benzene rings is 1. The van der Waals surface area contributed by atoms with E-state index in [2.05, 4.69) is 10.6 Å². The maximum absolute atomic E-state index is 13.9. The molecule has 0 bridgehead atoms. The normalized spacial score (nSPS) is 20.3. The summed E-state index contributed by atoms with van der Waals surface area (Å²) in [6.07, 6.45) is 3.40. The molecule has 6 heteroatoms. The highest BCUT2D eigenvalue weighted by molar-refractivity contribution is 5.74. The van der Waals surface area contributed by atoms with Gasteiger partial charge in [-0.2, -0.15) is 0 Å². The summed E-state index contributed by atoms with van der Waals surface area (Å²) < 4.78 is 26.9. The van der Waals surface area contributed by atoms with E-state index in [0.29, 0.717) is 18.7 Å². The number of rotatable bonds is 6. The molecule has 4 nitrogen and oxygen atoms in total. The average molecular weight is 310 g/mol. The molecule has 2 amide bonds. The average Bonchev–Trinajstić information content (AvgIpc) is 3.39. The van der Waals surface area contributed by atoms with Gasteiger partial charge in [-0.3, -0.25) is 0 Å². The van der Waals surface area contributed by atoms with Crippen molar-refractivity contribution in [1.82, 2.24) is 10.6 Å². The summed E-state index contributed by atoms with van der Waals surface area (Å²) >= 11 is 0. The molecule has 120 valence electrons. The van der Waals surface area contributed by atoms with E-state index in [0.717, 1.165) is 31.7 Å². The fourth-order valence-electron chi connectivity index (χ4n) is 2.76. The van der Waals surface area contributed by atoms with Gasteiger partial charge in [0.05, 0.1) is 6.61 Å². The predicted octanol–water partition coefficient (Wildman–Crippen LogP) is 2.07. The van der Waals surface area contributed by atoms with Gasteiger partial charge >= 0.3 is 6.03 Å². The molecule has 3 N–H and O–H groups in total. The van der Waals surface area contributed by atoms with Gasteiger partial charge in [-0.25, -0.2) is 13.6 Å². The van der Waals surface area contributed by atoms with Crippen molar-refractivity contribution in [1.29, 1.82) is 0 Å². The van der Waals surface area contributed by atoms with Gasteiger partial charge in [-0.1, -0.05) is 6.07 Å². The zero-order chi connectivity index (χ0) is 15.8. The number of carbonyl (C=O) groups is 1. The first-order valence-electron chi connectivity index (χ1n) is 7.57. The molecule has 2 aliphatic carbocycles. The van der Waals surface area contributed by atoms with Gasteiger partial charge in [-0.15, -0.1) is 0 Å². The van der Waals surface area contributed by atoms with Crippen molar-refractivity contribution in [2.24, 2.45) is 5.41 Å². The maximum atomic E-state index is 13.9. The van der Waals surface area contributed by atoms with Crippen molar-refractivity contribution in [2.75, 3.05) is 19.7 Å². The summed E-state index contributed by atoms with van der Waals surface area (Å²) in [7, 11) is 0. The van der Waals surface area contributed by atoms with Crippen molar-refractivity contribution >= 4 is 6.03 Å². The Morgan fingerprint density at radius 1 is 1.14 bits per heavy atom. The fourth-order valence-corrected chi connectivity index (χ4v) is 2.76. The molecule has 0 atom stereocenters. The number of amides is 2. The zero-order valence-electron chi connectivity index (χ0n) is 12.3. The zero-order valence-corrected chi connectivity index (χ0v) is 12.3. The minimum Gasteiger partial charge on any atom is -0.396 e. The highest BCUT2D eigenvalue weighted by Gasteiger charge is 2.46. The van der Waals surface area contributed by atoms with E-state index in [-0.39, 0.29) is 18.1 Å². The first kappa shape index (κ1) is 15.2. The minimum atomic E-state index is -0.596. The van der Waals surface area contributed by atoms with Crippen molar-refractivity contribution in [2.45, 2.75) is 31.1 Å². The lowest BCUT2D eigenvalue weighted by Gasteiger charge is -2.19. The topological polar surface area (TPSA) is 61.4 Å². The number of hydrogen-bond acceptors (Lipinski definition) is 2. The quantitative estimate of drug-likeness (QED) is 0.753. The molecule has 2 saturated carbocycles. The van der Waals surface area contributed by atoms with Gasteiger partial charge in [0.15, 0.2) is 0 Å². The molecule has 2 fully saturated rings. The molecule has 0 aliphatic heterocycles. The Kier molecular flexibility index (Phi) is 3.80. The summed E-state index contributed by atoms with van der Waals surface area (Å²) in [4.78, 5) is 11.8. The van der Waals surface area contributed by atoms with Crippen LogP contribution >= 0.6 is 0 Å². The number of carbonyl (C=O) groups excluding carboxylic acids is 1. The Labute approximate surface area is 127 Å². The molecule has 0 spiro atoms. The molecule has 22 heavy (non-hydrogen) atoms. The Balaban J connectivity index is 1.53. The number of urea groups is 1. The number of hydrogen-bond donors (Lipinski definition) is 3. The van der Waals surface area contributed by atoms with Gasteiger partial charge in [0, 0.05) is 30.0 Å². The molecule has 1 aromatic rings. The van der Waals surface area contributed by atoms with Crippen LogP contribution in [0.4, 0.5) is 13.6 Å². The van der Waals surface area contributed by atoms with E-state index >= 15 is 0 Å². The third-order valence-electron chi connectivity index (χ3n) is 4.86. The summed E-state index contributed by atoms with van der Waals surface area (Å²) in [5, 5.41) is 14.7. The highest BCUT2D eigenvalue weighted by atomic mass is 19.1. The molecule has 0 radical (unpaired) electrons. The smallest absolute Gasteiger partial charge is 0.314 e. The maximum Gasteiger partial charge on any atom is 0.314 e. The van der Waals surface area contributed by atoms with Crippen LogP contribution in [0, 0.1) is 17.0 Å². The van der Waals surface area contributed by atoms with Crippen LogP contribution in [0.25, 0.3) is 0 Å². The van der Waals surface area contributed by atoms with E-state index in [1.165, 1.54) is 12.1 Å². The van der Waals surface area contributed by atoms with E-state index < -0.39 is 17.0 Å². The molecule has 0 saturated heterocycles. The van der Waals surface area contributed by atoms with Gasteiger partial charge in [0.25, 0.3) is 0 Å². The van der Waals surface area contributed by atoms with Gasteiger partial charge in [-0.05, 0) is 37.3 Å². The molecular formula is C16H20F2N2O2. The SMILES string of the molecule is O=C(NCC1(CO)CC1)NCC1(c2ccc(F)cc2F)CC1. The Morgan fingerprint density at radius 3 is 2.36 bits per heavy atom. The first-order chi connectivity index (χ1) is 10.5. The van der Waals surface area contributed by atoms with Gasteiger partial charge in [0.2, 0.25) is 0 Å². The largest absolute Gasteiger partial charge is 0.396 e. The molecule has 0 heterocycles. The van der Waals surface area contributed by atoms with Crippen LogP contribution < -0.4 is 10.6 Å². The molecule has 2 aliphatic rings. The predicted molar refractivity (Wildman–Crippen MR) is 77.4 cm³/mol. The van der Waals surface area contributed by atoms with Crippen LogP contribution in [0.3, 0.4) is 0 Å². The number of halogens is 2. The second kappa shape index (κ2) is 5.50. The number of aliphatic hydroxyl groups is 1. The summed E-state index contributed by atoms with van der Waals surface area (Å²) in [6, 6.07) is 3.28. The number of aliphatic hydroxyl groups excluding tert-OH is 1. The Hall–Kier alpha value is -1.69. The fraction of sp³-hybridized carbons (Fsp3) is 0.562. The summed E-state index contributed by atoms with van der Waals surface area (Å²) in [5.41, 5.74) is -0.0932. The van der Waals surface area contributed by atoms with Crippen molar-refractivity contribution in [3.8, 4) is 0 Å². The molecular weight excluding hydrogens is 290 g/mol. The van der Waals surface area contributed by atoms with Gasteiger partial charge in [0.1, 0.15) is 11.6 Å². The van der Waals surface area contributed by atoms with Crippen LogP contribution in [-0.2, 0) is 5.41 Å². The minimum absolute atomic E-state index is 0.0814. The van der Waals surface area contributed by atoms with E-state index in [4.69, 9.17) is 0 Å². The van der Waals surface area contributed by atoms with Crippen molar-refractivity contribution in [3.63, 3.8) is 0 Å². The third-order valence-corrected chi connectivity index (χ3v) is 4.86. The van der Waals surface area contributed by atoms with Crippen LogP contribution in [0.1, 0.15) is 31.2 Å². The summed E-state index contributed by atoms with van der Waals surface area (Å²) in [5.74, 6) is -1.15. The lowest BCUT2D eigenvalue weighted by Crippen LogP contribution is -2.42. The third kappa shape index (κ3) is 3.06. The van der Waals surface area contributed by atoms with Crippen LogP contribution in [0.2, 0.25) is 0 Å². The molecule has 3 rings (SSSR count). The second-order valence-corrected chi connectivity index (χ2v) is 6.60. The van der Waals surface area contributed by atoms with Gasteiger partial charge < -0.3 is 15.7 Å². The number of nitrogens with one attached hydrogen (secondary N) is 2. The first-order valence-corrected chi connectivity index (χ1v) is 7.57. The Bertz CT molecular complexity index is 584. The van der Waals surface area contributed by atoms with Crippen LogP contribution in [0.15, 0.2) is 18.2 Å². The highest BCUT2D eigenvalue weighted by Crippen LogP contribution is 2.48. The van der Waals surface area contributed by atoms with Crippen LogP contribution in [-0.4, -0.2) is 30.8 Å². The standard InChI is InChI=1S/C16H20F2N2O2/c17-11-1-2-12(13(18)7-11)16(5-6-16)9-20-14(22)19-8-15(10-21)3-4-15/h1-2,7,21H,3-6,8-10H2,(H2,19,20,22). The lowest BCUT2D eigenvalue weighted by molar-refractivity contribution is 0.202. The van der Waals surface area contributed by atoms with Crippen molar-refractivity contribution in [3.05, 3.63) is 35.4 Å². The van der Waals surface area contributed by atoms with Crippen molar-refractivity contribution < 1.29 is 18.7 Å². The second-order valence-electron chi connectivity index (χ2n) is 6.60. The Morgan fingerprint density at radius 2 is 1.82 bits per heavy atom. The van der Waals surface area contributed by atoms with Crippen LogP contribution in [0.5, 0.6) is 0 Å². The molecule has 0 unspecified atom stereocenters. The van der Waals surface area contributed by atoms with E-state index in [1.807, 2.05) is 0 Å². The lowest BCUT2D eigenvalue weighted by atomic mass is 9.95. The van der Waals surface area contributed by atoms with E-state index in [9.17, 15) is 18.7 Å². The monoisotopic (exact) mass is 310 g/mol. The molecule has 0 aromatic heterocycles.